The highest BCUT2D eigenvalue weighted by molar-refractivity contribution is 6.39. The second-order valence-electron chi connectivity index (χ2n) is 7.22. The van der Waals surface area contributed by atoms with Crippen LogP contribution in [0.2, 0.25) is 0 Å². The Morgan fingerprint density at radius 1 is 0.806 bits per heavy atom. The number of esters is 1. The van der Waals surface area contributed by atoms with E-state index >= 15 is 0 Å². The zero-order chi connectivity index (χ0) is 25.8. The maximum atomic E-state index is 12.0. The quantitative estimate of drug-likeness (QED) is 0.183. The number of anilines is 2. The first kappa shape index (κ1) is 25.6. The van der Waals surface area contributed by atoms with E-state index in [-0.39, 0.29) is 19.1 Å². The zero-order valence-electron chi connectivity index (χ0n) is 19.4. The molecule has 0 fully saturated rings. The summed E-state index contributed by atoms with van der Waals surface area (Å²) in [6, 6.07) is 21.6. The monoisotopic (exact) mass is 488 g/mol. The average molecular weight is 489 g/mol. The molecule has 0 saturated carbocycles. The number of benzene rings is 3. The summed E-state index contributed by atoms with van der Waals surface area (Å²) in [5.74, 6) is -2.18. The summed E-state index contributed by atoms with van der Waals surface area (Å²) in [6.07, 6.45) is 1.35. The molecule has 0 spiro atoms. The van der Waals surface area contributed by atoms with Gasteiger partial charge in [0.05, 0.1) is 18.4 Å². The molecule has 0 aromatic heterocycles. The number of amides is 3. The number of hydrogen-bond acceptors (Lipinski definition) is 7. The first-order valence-electron chi connectivity index (χ1n) is 10.9. The van der Waals surface area contributed by atoms with E-state index in [1.165, 1.54) is 30.5 Å². The minimum Gasteiger partial charge on any atom is -0.484 e. The Morgan fingerprint density at radius 2 is 1.47 bits per heavy atom. The number of nitrogens with one attached hydrogen (secondary N) is 3. The fourth-order valence-corrected chi connectivity index (χ4v) is 2.83. The van der Waals surface area contributed by atoms with Crippen molar-refractivity contribution in [3.8, 4) is 5.75 Å². The first-order valence-corrected chi connectivity index (χ1v) is 10.9. The van der Waals surface area contributed by atoms with Gasteiger partial charge < -0.3 is 20.1 Å². The van der Waals surface area contributed by atoms with E-state index < -0.39 is 17.8 Å². The van der Waals surface area contributed by atoms with Gasteiger partial charge >= 0.3 is 17.8 Å². The summed E-state index contributed by atoms with van der Waals surface area (Å²) in [5, 5.41) is 8.89. The van der Waals surface area contributed by atoms with Crippen LogP contribution >= 0.6 is 0 Å². The van der Waals surface area contributed by atoms with Crippen LogP contribution in [-0.2, 0) is 19.1 Å². The molecule has 3 N–H and O–H groups in total. The molecule has 0 saturated heterocycles. The van der Waals surface area contributed by atoms with Crippen LogP contribution in [0.1, 0.15) is 22.8 Å². The number of rotatable bonds is 9. The van der Waals surface area contributed by atoms with Gasteiger partial charge in [-0.15, -0.1) is 0 Å². The third-order valence-corrected chi connectivity index (χ3v) is 4.55. The van der Waals surface area contributed by atoms with Gasteiger partial charge in [-0.2, -0.15) is 5.10 Å². The van der Waals surface area contributed by atoms with Crippen molar-refractivity contribution in [1.82, 2.24) is 5.43 Å². The van der Waals surface area contributed by atoms with Crippen molar-refractivity contribution < 1.29 is 28.7 Å². The van der Waals surface area contributed by atoms with E-state index in [9.17, 15) is 19.2 Å². The van der Waals surface area contributed by atoms with Gasteiger partial charge in [0.2, 0.25) is 0 Å². The number of carbonyl (C=O) groups is 4. The molecule has 3 aromatic rings. The Morgan fingerprint density at radius 3 is 2.14 bits per heavy atom. The highest BCUT2D eigenvalue weighted by Crippen LogP contribution is 2.12. The summed E-state index contributed by atoms with van der Waals surface area (Å²) < 4.78 is 10.3. The predicted molar refractivity (Wildman–Crippen MR) is 134 cm³/mol. The van der Waals surface area contributed by atoms with Crippen molar-refractivity contribution in [3.05, 3.63) is 90.0 Å². The Balaban J connectivity index is 1.42. The summed E-state index contributed by atoms with van der Waals surface area (Å²) >= 11 is 0. The lowest BCUT2D eigenvalue weighted by Crippen LogP contribution is -2.32. The van der Waals surface area contributed by atoms with Gasteiger partial charge in [-0.05, 0) is 73.2 Å². The standard InChI is InChI=1S/C26H24N4O6/c1-2-35-26(34)19-10-12-21(13-11-19)29-24(32)25(33)30-27-16-18-8-14-22(15-9-18)36-17-23(31)28-20-6-4-3-5-7-20/h3-16H,2,17H2,1H3,(H,28,31)(H,29,32)(H,30,33)/b27-16-. The van der Waals surface area contributed by atoms with Crippen LogP contribution in [0.25, 0.3) is 0 Å². The van der Waals surface area contributed by atoms with Crippen LogP contribution < -0.4 is 20.8 Å². The van der Waals surface area contributed by atoms with E-state index in [0.717, 1.165) is 0 Å². The van der Waals surface area contributed by atoms with Crippen molar-refractivity contribution in [3.63, 3.8) is 0 Å². The SMILES string of the molecule is CCOC(=O)c1ccc(NC(=O)C(=O)N/N=C\c2ccc(OCC(=O)Nc3ccccc3)cc2)cc1. The number of hydrazone groups is 1. The molecule has 0 unspecified atom stereocenters. The van der Waals surface area contributed by atoms with Crippen molar-refractivity contribution in [2.75, 3.05) is 23.8 Å². The van der Waals surface area contributed by atoms with Crippen LogP contribution in [0.5, 0.6) is 5.75 Å². The third kappa shape index (κ3) is 8.10. The van der Waals surface area contributed by atoms with Crippen LogP contribution in [0.4, 0.5) is 11.4 Å². The van der Waals surface area contributed by atoms with Crippen molar-refractivity contribution in [2.24, 2.45) is 5.10 Å². The van der Waals surface area contributed by atoms with Crippen molar-refractivity contribution in [1.29, 1.82) is 0 Å². The van der Waals surface area contributed by atoms with Gasteiger partial charge in [-0.25, -0.2) is 10.2 Å². The smallest absolute Gasteiger partial charge is 0.338 e. The van der Waals surface area contributed by atoms with Gasteiger partial charge in [0.1, 0.15) is 5.75 Å². The normalized spacial score (nSPS) is 10.4. The highest BCUT2D eigenvalue weighted by Gasteiger charge is 2.13. The molecule has 10 heteroatoms. The van der Waals surface area contributed by atoms with E-state index in [1.807, 2.05) is 18.2 Å². The molecule has 0 atom stereocenters. The molecule has 10 nitrogen and oxygen atoms in total. The maximum Gasteiger partial charge on any atom is 0.338 e. The molecule has 0 radical (unpaired) electrons. The fourth-order valence-electron chi connectivity index (χ4n) is 2.83. The van der Waals surface area contributed by atoms with Gasteiger partial charge in [0.25, 0.3) is 5.91 Å². The molecule has 0 aliphatic heterocycles. The molecule has 3 amide bonds. The minimum absolute atomic E-state index is 0.154. The number of carbonyl (C=O) groups excluding carboxylic acids is 4. The molecule has 0 aliphatic rings. The lowest BCUT2D eigenvalue weighted by Gasteiger charge is -2.07. The van der Waals surface area contributed by atoms with Crippen LogP contribution in [0.3, 0.4) is 0 Å². The number of nitrogens with zero attached hydrogens (tertiary/aromatic N) is 1. The topological polar surface area (TPSA) is 135 Å². The summed E-state index contributed by atoms with van der Waals surface area (Å²) in [5.41, 5.74) is 4.11. The van der Waals surface area contributed by atoms with Crippen molar-refractivity contribution in [2.45, 2.75) is 6.92 Å². The van der Waals surface area contributed by atoms with Gasteiger partial charge in [-0.3, -0.25) is 14.4 Å². The largest absolute Gasteiger partial charge is 0.484 e. The minimum atomic E-state index is -0.967. The van der Waals surface area contributed by atoms with Crippen LogP contribution in [0.15, 0.2) is 84.0 Å². The number of para-hydroxylation sites is 1. The molecule has 3 rings (SSSR count). The highest BCUT2D eigenvalue weighted by atomic mass is 16.5. The predicted octanol–water partition coefficient (Wildman–Crippen LogP) is 2.97. The van der Waals surface area contributed by atoms with Gasteiger partial charge in [0, 0.05) is 11.4 Å². The fraction of sp³-hybridized carbons (Fsp3) is 0.115. The first-order chi connectivity index (χ1) is 17.4. The molecular formula is C26H24N4O6. The van der Waals surface area contributed by atoms with Gasteiger partial charge in [0.15, 0.2) is 6.61 Å². The Bertz CT molecular complexity index is 1230. The molecule has 36 heavy (non-hydrogen) atoms. The summed E-state index contributed by atoms with van der Waals surface area (Å²) in [7, 11) is 0. The Labute approximate surface area is 207 Å². The van der Waals surface area contributed by atoms with Crippen LogP contribution in [0, 0.1) is 0 Å². The lowest BCUT2D eigenvalue weighted by molar-refractivity contribution is -0.136. The number of ether oxygens (including phenoxy) is 2. The average Bonchev–Trinajstić information content (AvgIpc) is 2.89. The Hall–Kier alpha value is -4.99. The molecule has 0 bridgehead atoms. The number of hydrogen-bond donors (Lipinski definition) is 3. The lowest BCUT2D eigenvalue weighted by atomic mass is 10.2. The molecule has 0 aliphatic carbocycles. The summed E-state index contributed by atoms with van der Waals surface area (Å²) in [4.78, 5) is 47.6. The molecule has 3 aromatic carbocycles. The zero-order valence-corrected chi connectivity index (χ0v) is 19.4. The van der Waals surface area contributed by atoms with E-state index in [1.54, 1.807) is 43.3 Å². The van der Waals surface area contributed by atoms with E-state index in [2.05, 4.69) is 21.2 Å². The van der Waals surface area contributed by atoms with E-state index in [4.69, 9.17) is 9.47 Å². The maximum absolute atomic E-state index is 12.0. The Kier molecular flexibility index (Phi) is 9.28. The molecular weight excluding hydrogens is 464 g/mol. The van der Waals surface area contributed by atoms with Gasteiger partial charge in [-0.1, -0.05) is 18.2 Å². The molecule has 184 valence electrons. The second kappa shape index (κ2) is 13.0. The van der Waals surface area contributed by atoms with Crippen LogP contribution in [-0.4, -0.2) is 43.1 Å². The third-order valence-electron chi connectivity index (χ3n) is 4.55. The van der Waals surface area contributed by atoms with E-state index in [0.29, 0.717) is 28.3 Å². The summed E-state index contributed by atoms with van der Waals surface area (Å²) in [6.45, 7) is 1.80. The van der Waals surface area contributed by atoms with Crippen molar-refractivity contribution >= 4 is 41.3 Å². The molecule has 0 heterocycles. The second-order valence-corrected chi connectivity index (χ2v) is 7.22.